The standard InChI is InChI=1S/C15H24N4O2/c1-10-6-4-5-7-12(10)19-8-11-13(16-9-19)17(2)15(21)18(3)14(11)20/h10,12,16H,4-9H2,1-3H3/t10-,12+/m1/s1. The Morgan fingerprint density at radius 1 is 1.10 bits per heavy atom. The van der Waals surface area contributed by atoms with Gasteiger partial charge in [-0.3, -0.25) is 18.8 Å². The predicted octanol–water partition coefficient (Wildman–Crippen LogP) is 0.848. The minimum Gasteiger partial charge on any atom is -0.358 e. The highest BCUT2D eigenvalue weighted by Crippen LogP contribution is 2.30. The predicted molar refractivity (Wildman–Crippen MR) is 82.4 cm³/mol. The van der Waals surface area contributed by atoms with E-state index in [1.807, 2.05) is 0 Å². The number of nitrogens with one attached hydrogen (secondary N) is 1. The zero-order chi connectivity index (χ0) is 15.1. The molecule has 6 nitrogen and oxygen atoms in total. The molecule has 1 aromatic rings. The number of rotatable bonds is 1. The highest BCUT2D eigenvalue weighted by Gasteiger charge is 2.31. The summed E-state index contributed by atoms with van der Waals surface area (Å²) in [5.74, 6) is 1.35. The fourth-order valence-electron chi connectivity index (χ4n) is 3.79. The van der Waals surface area contributed by atoms with Crippen LogP contribution in [-0.2, 0) is 20.6 Å². The molecule has 6 heteroatoms. The van der Waals surface area contributed by atoms with Gasteiger partial charge in [0.2, 0.25) is 0 Å². The molecule has 0 spiro atoms. The maximum absolute atomic E-state index is 12.4. The van der Waals surface area contributed by atoms with Crippen LogP contribution in [0.5, 0.6) is 0 Å². The Hall–Kier alpha value is -1.56. The van der Waals surface area contributed by atoms with Gasteiger partial charge in [0.1, 0.15) is 5.82 Å². The van der Waals surface area contributed by atoms with Gasteiger partial charge in [-0.2, -0.15) is 0 Å². The lowest BCUT2D eigenvalue weighted by atomic mass is 9.84. The average molecular weight is 292 g/mol. The molecule has 1 aromatic heterocycles. The average Bonchev–Trinajstić information content (AvgIpc) is 2.51. The maximum Gasteiger partial charge on any atom is 0.332 e. The molecule has 1 aliphatic heterocycles. The van der Waals surface area contributed by atoms with Crippen LogP contribution in [0.2, 0.25) is 0 Å². The van der Waals surface area contributed by atoms with Crippen molar-refractivity contribution < 1.29 is 0 Å². The molecule has 21 heavy (non-hydrogen) atoms. The summed E-state index contributed by atoms with van der Waals surface area (Å²) < 4.78 is 2.74. The molecule has 0 bridgehead atoms. The van der Waals surface area contributed by atoms with E-state index in [9.17, 15) is 9.59 Å². The van der Waals surface area contributed by atoms with Crippen LogP contribution in [0, 0.1) is 5.92 Å². The monoisotopic (exact) mass is 292 g/mol. The lowest BCUT2D eigenvalue weighted by Crippen LogP contribution is -2.50. The fourth-order valence-corrected chi connectivity index (χ4v) is 3.79. The van der Waals surface area contributed by atoms with Crippen LogP contribution >= 0.6 is 0 Å². The first-order valence-corrected chi connectivity index (χ1v) is 7.77. The van der Waals surface area contributed by atoms with Crippen molar-refractivity contribution in [1.29, 1.82) is 0 Å². The van der Waals surface area contributed by atoms with Crippen molar-refractivity contribution in [3.63, 3.8) is 0 Å². The lowest BCUT2D eigenvalue weighted by Gasteiger charge is -2.41. The molecule has 1 aliphatic carbocycles. The number of nitrogens with zero attached hydrogens (tertiary/aromatic N) is 3. The summed E-state index contributed by atoms with van der Waals surface area (Å²) in [6, 6.07) is 0.529. The van der Waals surface area contributed by atoms with E-state index in [2.05, 4.69) is 17.1 Å². The molecule has 0 radical (unpaired) electrons. The largest absolute Gasteiger partial charge is 0.358 e. The molecule has 0 aromatic carbocycles. The molecule has 1 fully saturated rings. The second-order valence-corrected chi connectivity index (χ2v) is 6.44. The van der Waals surface area contributed by atoms with Crippen LogP contribution in [0.15, 0.2) is 9.59 Å². The van der Waals surface area contributed by atoms with Crippen molar-refractivity contribution in [2.75, 3.05) is 12.0 Å². The van der Waals surface area contributed by atoms with Gasteiger partial charge < -0.3 is 5.32 Å². The van der Waals surface area contributed by atoms with Crippen LogP contribution < -0.4 is 16.6 Å². The zero-order valence-electron chi connectivity index (χ0n) is 13.1. The summed E-state index contributed by atoms with van der Waals surface area (Å²) in [6.07, 6.45) is 5.04. The van der Waals surface area contributed by atoms with E-state index < -0.39 is 0 Å². The van der Waals surface area contributed by atoms with Crippen molar-refractivity contribution in [1.82, 2.24) is 14.0 Å². The Bertz CT molecular complexity index is 661. The molecular weight excluding hydrogens is 268 g/mol. The summed E-state index contributed by atoms with van der Waals surface area (Å²) in [7, 11) is 3.26. The second-order valence-electron chi connectivity index (χ2n) is 6.44. The Balaban J connectivity index is 1.96. The Kier molecular flexibility index (Phi) is 3.65. The molecular formula is C15H24N4O2. The topological polar surface area (TPSA) is 59.3 Å². The van der Waals surface area contributed by atoms with E-state index in [1.165, 1.54) is 30.3 Å². The van der Waals surface area contributed by atoms with Gasteiger partial charge in [-0.15, -0.1) is 0 Å². The third-order valence-electron chi connectivity index (χ3n) is 5.10. The van der Waals surface area contributed by atoms with Crippen LogP contribution in [0.1, 0.15) is 38.2 Å². The normalized spacial score (nSPS) is 26.2. The first kappa shape index (κ1) is 14.4. The van der Waals surface area contributed by atoms with Gasteiger partial charge in [0.05, 0.1) is 12.2 Å². The Labute approximate surface area is 124 Å². The summed E-state index contributed by atoms with van der Waals surface area (Å²) in [4.78, 5) is 26.7. The van der Waals surface area contributed by atoms with Crippen molar-refractivity contribution in [2.24, 2.45) is 20.0 Å². The highest BCUT2D eigenvalue weighted by atomic mass is 16.2. The highest BCUT2D eigenvalue weighted by molar-refractivity contribution is 5.45. The van der Waals surface area contributed by atoms with E-state index in [0.29, 0.717) is 36.6 Å². The molecule has 0 saturated heterocycles. The smallest absolute Gasteiger partial charge is 0.332 e. The number of aromatic nitrogens is 2. The molecule has 1 N–H and O–H groups in total. The molecule has 2 heterocycles. The van der Waals surface area contributed by atoms with Gasteiger partial charge in [-0.25, -0.2) is 4.79 Å². The Morgan fingerprint density at radius 3 is 2.52 bits per heavy atom. The number of hydrogen-bond donors (Lipinski definition) is 1. The summed E-state index contributed by atoms with van der Waals surface area (Å²) >= 11 is 0. The quantitative estimate of drug-likeness (QED) is 0.833. The summed E-state index contributed by atoms with van der Waals surface area (Å²) in [5, 5.41) is 3.28. The van der Waals surface area contributed by atoms with Crippen LogP contribution in [0.3, 0.4) is 0 Å². The molecule has 1 saturated carbocycles. The van der Waals surface area contributed by atoms with Crippen LogP contribution in [0.25, 0.3) is 0 Å². The van der Waals surface area contributed by atoms with Gasteiger partial charge in [0.25, 0.3) is 5.56 Å². The maximum atomic E-state index is 12.4. The van der Waals surface area contributed by atoms with Crippen LogP contribution in [-0.4, -0.2) is 26.7 Å². The van der Waals surface area contributed by atoms with Gasteiger partial charge in [-0.05, 0) is 18.8 Å². The van der Waals surface area contributed by atoms with Gasteiger partial charge in [0.15, 0.2) is 0 Å². The van der Waals surface area contributed by atoms with E-state index in [-0.39, 0.29) is 11.2 Å². The third kappa shape index (κ3) is 2.31. The molecule has 0 unspecified atom stereocenters. The zero-order valence-corrected chi connectivity index (χ0v) is 13.1. The Morgan fingerprint density at radius 2 is 1.81 bits per heavy atom. The van der Waals surface area contributed by atoms with E-state index in [4.69, 9.17) is 0 Å². The van der Waals surface area contributed by atoms with Crippen molar-refractivity contribution in [3.05, 3.63) is 26.4 Å². The summed E-state index contributed by atoms with van der Waals surface area (Å²) in [6.45, 7) is 3.65. The molecule has 116 valence electrons. The molecule has 3 rings (SSSR count). The van der Waals surface area contributed by atoms with Crippen LogP contribution in [0.4, 0.5) is 5.82 Å². The SMILES string of the molecule is C[C@@H]1CCCC[C@@H]1N1CNc2c(c(=O)n(C)c(=O)n2C)C1. The molecule has 2 atom stereocenters. The number of anilines is 1. The molecule has 0 amide bonds. The number of hydrogen-bond acceptors (Lipinski definition) is 4. The minimum atomic E-state index is -0.272. The van der Waals surface area contributed by atoms with Gasteiger partial charge in [-0.1, -0.05) is 19.8 Å². The first-order valence-electron chi connectivity index (χ1n) is 7.77. The first-order chi connectivity index (χ1) is 10.0. The number of fused-ring (bicyclic) bond motifs is 1. The fraction of sp³-hybridized carbons (Fsp3) is 0.733. The van der Waals surface area contributed by atoms with Crippen molar-refractivity contribution in [3.8, 4) is 0 Å². The van der Waals surface area contributed by atoms with Gasteiger partial charge >= 0.3 is 5.69 Å². The van der Waals surface area contributed by atoms with E-state index >= 15 is 0 Å². The minimum absolute atomic E-state index is 0.172. The lowest BCUT2D eigenvalue weighted by molar-refractivity contribution is 0.107. The van der Waals surface area contributed by atoms with E-state index in [1.54, 1.807) is 18.7 Å². The second kappa shape index (κ2) is 5.33. The van der Waals surface area contributed by atoms with Crippen molar-refractivity contribution >= 4 is 5.82 Å². The molecule has 2 aliphatic rings. The summed E-state index contributed by atoms with van der Waals surface area (Å²) in [5.41, 5.74) is 0.267. The van der Waals surface area contributed by atoms with Crippen molar-refractivity contribution in [2.45, 2.75) is 45.2 Å². The third-order valence-corrected chi connectivity index (χ3v) is 5.10. The van der Waals surface area contributed by atoms with Gasteiger partial charge in [0, 0.05) is 26.7 Å². The van der Waals surface area contributed by atoms with E-state index in [0.717, 1.165) is 0 Å².